The van der Waals surface area contributed by atoms with Crippen molar-refractivity contribution < 1.29 is 9.59 Å². The van der Waals surface area contributed by atoms with Gasteiger partial charge in [-0.2, -0.15) is 0 Å². The summed E-state index contributed by atoms with van der Waals surface area (Å²) in [6, 6.07) is 19.5. The number of fused-ring (bicyclic) bond motifs is 5. The van der Waals surface area contributed by atoms with Gasteiger partial charge in [0.15, 0.2) is 0 Å². The Morgan fingerprint density at radius 1 is 0.792 bits per heavy atom. The second kappa shape index (κ2) is 4.91. The zero-order valence-corrected chi connectivity index (χ0v) is 13.1. The Hall–Kier alpha value is -2.68. The summed E-state index contributed by atoms with van der Waals surface area (Å²) in [5, 5.41) is 0. The van der Waals surface area contributed by atoms with Gasteiger partial charge in [0.25, 0.3) is 0 Å². The normalized spacial score (nSPS) is 30.7. The molecule has 0 N–H and O–H groups in total. The van der Waals surface area contributed by atoms with Crippen molar-refractivity contribution in [3.05, 3.63) is 72.3 Å². The highest BCUT2D eigenvalue weighted by Crippen LogP contribution is 2.58. The summed E-state index contributed by atoms with van der Waals surface area (Å²) in [6.07, 6.45) is 3.17. The first-order valence-electron chi connectivity index (χ1n) is 8.45. The Labute approximate surface area is 140 Å². The van der Waals surface area contributed by atoms with Crippen molar-refractivity contribution >= 4 is 23.1 Å². The molecule has 2 aliphatic carbocycles. The highest BCUT2D eigenvalue weighted by molar-refractivity contribution is 6.23. The number of anilines is 1. The molecule has 2 fully saturated rings. The number of amides is 2. The first-order valence-corrected chi connectivity index (χ1v) is 8.45. The summed E-state index contributed by atoms with van der Waals surface area (Å²) in [6.45, 7) is 0. The van der Waals surface area contributed by atoms with Gasteiger partial charge in [0.1, 0.15) is 0 Å². The maximum Gasteiger partial charge on any atom is 0.238 e. The van der Waals surface area contributed by atoms with Gasteiger partial charge in [-0.3, -0.25) is 14.5 Å². The first-order chi connectivity index (χ1) is 11.8. The molecule has 0 aromatic heterocycles. The van der Waals surface area contributed by atoms with Crippen molar-refractivity contribution in [2.45, 2.75) is 6.42 Å². The molecule has 1 aliphatic heterocycles. The zero-order valence-electron chi connectivity index (χ0n) is 13.1. The number of benzene rings is 2. The highest BCUT2D eigenvalue weighted by Gasteiger charge is 2.61. The van der Waals surface area contributed by atoms with Gasteiger partial charge in [0.05, 0.1) is 17.5 Å². The van der Waals surface area contributed by atoms with Crippen molar-refractivity contribution in [1.82, 2.24) is 0 Å². The van der Waals surface area contributed by atoms with E-state index in [1.807, 2.05) is 48.5 Å². The van der Waals surface area contributed by atoms with Gasteiger partial charge >= 0.3 is 0 Å². The molecule has 2 aromatic rings. The van der Waals surface area contributed by atoms with Crippen molar-refractivity contribution in [3.63, 3.8) is 0 Å². The van der Waals surface area contributed by atoms with Gasteiger partial charge in [-0.1, -0.05) is 54.6 Å². The number of imide groups is 1. The van der Waals surface area contributed by atoms with Crippen LogP contribution in [0.4, 0.5) is 5.69 Å². The Bertz CT molecular complexity index is 856. The van der Waals surface area contributed by atoms with E-state index < -0.39 is 0 Å². The van der Waals surface area contributed by atoms with E-state index >= 15 is 0 Å². The fourth-order valence-corrected chi connectivity index (χ4v) is 4.79. The van der Waals surface area contributed by atoms with E-state index in [2.05, 4.69) is 18.2 Å². The number of allylic oxidation sites excluding steroid dienone is 2. The minimum Gasteiger partial charge on any atom is -0.274 e. The van der Waals surface area contributed by atoms with E-state index in [9.17, 15) is 9.59 Å². The SMILES string of the molecule is O=C1[C@@H]2[C@H](C(=O)N1c1ccccc1)[C@@H]1C=C(c3ccccc3)[C@H]2C1. The maximum absolute atomic E-state index is 13.0. The highest BCUT2D eigenvalue weighted by atomic mass is 16.2. The van der Waals surface area contributed by atoms with Crippen molar-refractivity contribution in [1.29, 1.82) is 0 Å². The van der Waals surface area contributed by atoms with E-state index in [4.69, 9.17) is 0 Å². The molecule has 1 heterocycles. The summed E-state index contributed by atoms with van der Waals surface area (Å²) in [7, 11) is 0. The van der Waals surface area contributed by atoms with Crippen molar-refractivity contribution in [2.24, 2.45) is 23.7 Å². The van der Waals surface area contributed by atoms with Crippen LogP contribution in [-0.4, -0.2) is 11.8 Å². The Balaban J connectivity index is 1.53. The summed E-state index contributed by atoms with van der Waals surface area (Å²) in [4.78, 5) is 27.4. The lowest BCUT2D eigenvalue weighted by atomic mass is 9.79. The Morgan fingerprint density at radius 3 is 2.12 bits per heavy atom. The van der Waals surface area contributed by atoms with Gasteiger partial charge in [-0.25, -0.2) is 0 Å². The van der Waals surface area contributed by atoms with Crippen molar-refractivity contribution in [2.75, 3.05) is 4.90 Å². The monoisotopic (exact) mass is 315 g/mol. The van der Waals surface area contributed by atoms with Crippen molar-refractivity contribution in [3.8, 4) is 0 Å². The molecule has 3 heteroatoms. The van der Waals surface area contributed by atoms with Gasteiger partial charge in [0.2, 0.25) is 11.8 Å². The smallest absolute Gasteiger partial charge is 0.238 e. The fraction of sp³-hybridized carbons (Fsp3) is 0.238. The van der Waals surface area contributed by atoms with Crippen LogP contribution in [0.15, 0.2) is 66.7 Å². The molecular weight excluding hydrogens is 298 g/mol. The van der Waals surface area contributed by atoms with Gasteiger partial charge in [-0.05, 0) is 41.5 Å². The van der Waals surface area contributed by atoms with Gasteiger partial charge < -0.3 is 0 Å². The number of rotatable bonds is 2. The lowest BCUT2D eigenvalue weighted by Crippen LogP contribution is -2.32. The summed E-state index contributed by atoms with van der Waals surface area (Å²) >= 11 is 0. The van der Waals surface area contributed by atoms with E-state index in [-0.39, 0.29) is 35.5 Å². The predicted molar refractivity (Wildman–Crippen MR) is 91.9 cm³/mol. The van der Waals surface area contributed by atoms with Crippen LogP contribution >= 0.6 is 0 Å². The van der Waals surface area contributed by atoms with E-state index in [0.717, 1.165) is 6.42 Å². The van der Waals surface area contributed by atoms with E-state index in [1.54, 1.807) is 0 Å². The molecule has 1 saturated heterocycles. The second-order valence-corrected chi connectivity index (χ2v) is 6.89. The third kappa shape index (κ3) is 1.72. The zero-order chi connectivity index (χ0) is 16.3. The Kier molecular flexibility index (Phi) is 2.81. The second-order valence-electron chi connectivity index (χ2n) is 6.89. The molecule has 0 spiro atoms. The molecule has 2 aromatic carbocycles. The standard InChI is InChI=1S/C21H17NO2/c23-20-18-14-11-16(13-7-3-1-4-8-13)17(12-14)19(18)21(24)22(20)15-9-5-2-6-10-15/h1-11,14,17-19H,12H2/t14-,17-,18-,19+/m1/s1. The number of para-hydroxylation sites is 1. The minimum absolute atomic E-state index is 0.0212. The van der Waals surface area contributed by atoms with Gasteiger partial charge in [0, 0.05) is 0 Å². The molecule has 3 nitrogen and oxygen atoms in total. The number of carbonyl (C=O) groups is 2. The number of carbonyl (C=O) groups excluding carboxylic acids is 2. The van der Waals surface area contributed by atoms with Crippen LogP contribution in [0.3, 0.4) is 0 Å². The lowest BCUT2D eigenvalue weighted by molar-refractivity contribution is -0.123. The van der Waals surface area contributed by atoms with Crippen LogP contribution in [0, 0.1) is 23.7 Å². The molecule has 2 amide bonds. The molecule has 0 unspecified atom stereocenters. The topological polar surface area (TPSA) is 37.4 Å². The number of hydrogen-bond donors (Lipinski definition) is 0. The minimum atomic E-state index is -0.192. The average molecular weight is 315 g/mol. The molecule has 0 radical (unpaired) electrons. The molecule has 3 aliphatic rings. The van der Waals surface area contributed by atoms with Crippen LogP contribution in [0.2, 0.25) is 0 Å². The number of hydrogen-bond acceptors (Lipinski definition) is 2. The number of nitrogens with zero attached hydrogens (tertiary/aromatic N) is 1. The van der Waals surface area contributed by atoms with Crippen LogP contribution in [-0.2, 0) is 9.59 Å². The summed E-state index contributed by atoms with van der Waals surface area (Å²) < 4.78 is 0. The molecule has 24 heavy (non-hydrogen) atoms. The fourth-order valence-electron chi connectivity index (χ4n) is 4.79. The molecular formula is C21H17NO2. The van der Waals surface area contributed by atoms with Crippen LogP contribution in [0.5, 0.6) is 0 Å². The third-order valence-corrected chi connectivity index (χ3v) is 5.73. The van der Waals surface area contributed by atoms with Crippen LogP contribution in [0.1, 0.15) is 12.0 Å². The van der Waals surface area contributed by atoms with Crippen LogP contribution in [0.25, 0.3) is 5.57 Å². The first kappa shape index (κ1) is 13.7. The average Bonchev–Trinajstić information content (AvgIpc) is 3.28. The lowest BCUT2D eigenvalue weighted by Gasteiger charge is -2.22. The quantitative estimate of drug-likeness (QED) is 0.795. The molecule has 1 saturated carbocycles. The molecule has 2 bridgehead atoms. The van der Waals surface area contributed by atoms with E-state index in [0.29, 0.717) is 5.69 Å². The summed E-state index contributed by atoms with van der Waals surface area (Å²) in [5.41, 5.74) is 3.13. The maximum atomic E-state index is 13.0. The largest absolute Gasteiger partial charge is 0.274 e. The summed E-state index contributed by atoms with van der Waals surface area (Å²) in [5.74, 6) is -0.0386. The van der Waals surface area contributed by atoms with Crippen LogP contribution < -0.4 is 4.90 Å². The Morgan fingerprint density at radius 2 is 1.42 bits per heavy atom. The third-order valence-electron chi connectivity index (χ3n) is 5.73. The molecule has 4 atom stereocenters. The van der Waals surface area contributed by atoms with E-state index in [1.165, 1.54) is 16.0 Å². The van der Waals surface area contributed by atoms with Gasteiger partial charge in [-0.15, -0.1) is 0 Å². The predicted octanol–water partition coefficient (Wildman–Crippen LogP) is 3.53. The molecule has 5 rings (SSSR count). The molecule has 118 valence electrons.